The molecule has 0 bridgehead atoms. The molecule has 2 aliphatic heterocycles. The Kier molecular flexibility index (Phi) is 4.89. The van der Waals surface area contributed by atoms with Crippen LogP contribution in [0.15, 0.2) is 54.7 Å². The molecule has 0 spiro atoms. The second-order valence-electron chi connectivity index (χ2n) is 8.60. The number of carbonyl (C=O) groups is 2. The molecule has 5 heteroatoms. The highest BCUT2D eigenvalue weighted by molar-refractivity contribution is 6.36. The first kappa shape index (κ1) is 19.6. The van der Waals surface area contributed by atoms with Crippen LogP contribution in [0.3, 0.4) is 0 Å². The van der Waals surface area contributed by atoms with E-state index >= 15 is 0 Å². The maximum atomic E-state index is 13.1. The van der Waals surface area contributed by atoms with Gasteiger partial charge in [0, 0.05) is 53.4 Å². The number of rotatable bonds is 3. The lowest BCUT2D eigenvalue weighted by Gasteiger charge is -2.33. The smallest absolute Gasteiger partial charge is 0.258 e. The number of likely N-dealkylation sites (N-methyl/N-ethyl adjacent to an activating group) is 1. The summed E-state index contributed by atoms with van der Waals surface area (Å²) in [6.45, 7) is 3.30. The topological polar surface area (TPSA) is 45.6 Å². The van der Waals surface area contributed by atoms with Gasteiger partial charge < -0.3 is 14.4 Å². The van der Waals surface area contributed by atoms with Crippen LogP contribution in [0.2, 0.25) is 0 Å². The molecule has 3 aromatic rings. The molecule has 2 aromatic carbocycles. The van der Waals surface area contributed by atoms with Gasteiger partial charge in [-0.15, -0.1) is 0 Å². The second-order valence-corrected chi connectivity index (χ2v) is 8.60. The number of piperidine rings is 1. The molecule has 0 saturated carbocycles. The Morgan fingerprint density at radius 3 is 2.71 bits per heavy atom. The SMILES string of the molecule is CC1CCCCN1C(=O)Cn1cc(C=C2C(=O)N(C)c3ccccc32)c2ccccc21. The van der Waals surface area contributed by atoms with E-state index in [9.17, 15) is 9.59 Å². The highest BCUT2D eigenvalue weighted by Gasteiger charge is 2.29. The molecule has 158 valence electrons. The maximum absolute atomic E-state index is 13.1. The van der Waals surface area contributed by atoms with E-state index < -0.39 is 0 Å². The van der Waals surface area contributed by atoms with Crippen molar-refractivity contribution < 1.29 is 9.59 Å². The predicted octanol–water partition coefficient (Wildman–Crippen LogP) is 4.56. The van der Waals surface area contributed by atoms with Gasteiger partial charge in [0.15, 0.2) is 0 Å². The predicted molar refractivity (Wildman–Crippen MR) is 125 cm³/mol. The summed E-state index contributed by atoms with van der Waals surface area (Å²) in [6.07, 6.45) is 7.33. The summed E-state index contributed by atoms with van der Waals surface area (Å²) >= 11 is 0. The van der Waals surface area contributed by atoms with Crippen LogP contribution >= 0.6 is 0 Å². The van der Waals surface area contributed by atoms with E-state index in [4.69, 9.17) is 0 Å². The summed E-state index contributed by atoms with van der Waals surface area (Å²) in [5.41, 5.74) is 4.54. The van der Waals surface area contributed by atoms with E-state index in [2.05, 4.69) is 13.0 Å². The zero-order valence-electron chi connectivity index (χ0n) is 18.0. The van der Waals surface area contributed by atoms with Crippen LogP contribution in [-0.4, -0.2) is 40.9 Å². The lowest BCUT2D eigenvalue weighted by Crippen LogP contribution is -2.43. The van der Waals surface area contributed by atoms with Gasteiger partial charge in [0.25, 0.3) is 5.91 Å². The van der Waals surface area contributed by atoms with Crippen molar-refractivity contribution in [3.63, 3.8) is 0 Å². The summed E-state index contributed by atoms with van der Waals surface area (Å²) in [5.74, 6) is 0.158. The van der Waals surface area contributed by atoms with Crippen molar-refractivity contribution in [2.75, 3.05) is 18.5 Å². The number of anilines is 1. The second kappa shape index (κ2) is 7.73. The van der Waals surface area contributed by atoms with Gasteiger partial charge in [-0.1, -0.05) is 36.4 Å². The van der Waals surface area contributed by atoms with Crippen LogP contribution in [-0.2, 0) is 16.1 Å². The highest BCUT2D eigenvalue weighted by Crippen LogP contribution is 2.37. The zero-order chi connectivity index (χ0) is 21.5. The standard InChI is InChI=1S/C26H27N3O2/c1-18-9-7-8-14-29(18)25(30)17-28-16-19(20-10-3-6-13-24(20)28)15-22-21-11-4-5-12-23(21)27(2)26(22)31/h3-6,10-13,15-16,18H,7-9,14,17H2,1-2H3. The number of likely N-dealkylation sites (tertiary alicyclic amines) is 1. The first-order chi connectivity index (χ1) is 15.0. The molecular weight excluding hydrogens is 386 g/mol. The number of hydrogen-bond donors (Lipinski definition) is 0. The van der Waals surface area contributed by atoms with E-state index in [0.717, 1.165) is 47.1 Å². The molecule has 1 saturated heterocycles. The van der Waals surface area contributed by atoms with Crippen LogP contribution in [0.5, 0.6) is 0 Å². The number of carbonyl (C=O) groups excluding carboxylic acids is 2. The van der Waals surface area contributed by atoms with Crippen LogP contribution < -0.4 is 4.90 Å². The molecule has 3 heterocycles. The number of amides is 2. The Labute approximate surface area is 182 Å². The minimum Gasteiger partial charge on any atom is -0.338 e. The number of hydrogen-bond acceptors (Lipinski definition) is 2. The minimum atomic E-state index is -0.00347. The van der Waals surface area contributed by atoms with Crippen molar-refractivity contribution >= 4 is 40.1 Å². The fraction of sp³-hybridized carbons (Fsp3) is 0.308. The molecule has 0 aliphatic carbocycles. The average Bonchev–Trinajstić information content (AvgIpc) is 3.25. The number of nitrogens with zero attached hydrogens (tertiary/aromatic N) is 3. The van der Waals surface area contributed by atoms with Gasteiger partial charge in [-0.3, -0.25) is 9.59 Å². The Hall–Kier alpha value is -3.34. The molecule has 1 aromatic heterocycles. The Balaban J connectivity index is 1.54. The maximum Gasteiger partial charge on any atom is 0.258 e. The van der Waals surface area contributed by atoms with E-state index in [1.165, 1.54) is 6.42 Å². The number of benzene rings is 2. The van der Waals surface area contributed by atoms with Crippen molar-refractivity contribution in [1.82, 2.24) is 9.47 Å². The first-order valence-corrected chi connectivity index (χ1v) is 11.0. The molecule has 5 nitrogen and oxygen atoms in total. The van der Waals surface area contributed by atoms with E-state index in [1.54, 1.807) is 4.90 Å². The normalized spacial score (nSPS) is 20.0. The first-order valence-electron chi connectivity index (χ1n) is 11.0. The molecule has 31 heavy (non-hydrogen) atoms. The highest BCUT2D eigenvalue weighted by atomic mass is 16.2. The summed E-state index contributed by atoms with van der Waals surface area (Å²) in [6, 6.07) is 16.3. The van der Waals surface area contributed by atoms with Gasteiger partial charge >= 0.3 is 0 Å². The third kappa shape index (κ3) is 3.34. The molecule has 2 aliphatic rings. The molecular formula is C26H27N3O2. The Bertz CT molecular complexity index is 1210. The van der Waals surface area contributed by atoms with Crippen molar-refractivity contribution in [3.05, 3.63) is 65.9 Å². The van der Waals surface area contributed by atoms with Crippen molar-refractivity contribution in [3.8, 4) is 0 Å². The van der Waals surface area contributed by atoms with Crippen molar-refractivity contribution in [2.45, 2.75) is 38.8 Å². The van der Waals surface area contributed by atoms with Gasteiger partial charge in [0.05, 0.1) is 5.69 Å². The Morgan fingerprint density at radius 2 is 1.87 bits per heavy atom. The van der Waals surface area contributed by atoms with Crippen LogP contribution in [0.4, 0.5) is 5.69 Å². The van der Waals surface area contributed by atoms with Gasteiger partial charge in [0.2, 0.25) is 5.91 Å². The van der Waals surface area contributed by atoms with Gasteiger partial charge in [-0.25, -0.2) is 0 Å². The molecule has 1 fully saturated rings. The summed E-state index contributed by atoms with van der Waals surface area (Å²) in [5, 5.41) is 1.05. The number of fused-ring (bicyclic) bond motifs is 2. The van der Waals surface area contributed by atoms with Crippen molar-refractivity contribution in [1.29, 1.82) is 0 Å². The number of aromatic nitrogens is 1. The van der Waals surface area contributed by atoms with Crippen LogP contribution in [0.1, 0.15) is 37.3 Å². The minimum absolute atomic E-state index is 0.00347. The largest absolute Gasteiger partial charge is 0.338 e. The fourth-order valence-electron chi connectivity index (χ4n) is 4.92. The van der Waals surface area contributed by atoms with Gasteiger partial charge in [0.1, 0.15) is 6.54 Å². The molecule has 0 radical (unpaired) electrons. The Morgan fingerprint density at radius 1 is 1.10 bits per heavy atom. The third-order valence-corrected chi connectivity index (χ3v) is 6.64. The summed E-state index contributed by atoms with van der Waals surface area (Å²) in [4.78, 5) is 29.7. The van der Waals surface area contributed by atoms with Crippen LogP contribution in [0, 0.1) is 0 Å². The van der Waals surface area contributed by atoms with Gasteiger partial charge in [-0.05, 0) is 44.4 Å². The molecule has 0 N–H and O–H groups in total. The molecule has 1 atom stereocenters. The lowest BCUT2D eigenvalue weighted by molar-refractivity contribution is -0.135. The van der Waals surface area contributed by atoms with E-state index in [-0.39, 0.29) is 11.8 Å². The number of para-hydroxylation sites is 2. The third-order valence-electron chi connectivity index (χ3n) is 6.64. The van der Waals surface area contributed by atoms with E-state index in [1.807, 2.05) is 71.3 Å². The quantitative estimate of drug-likeness (QED) is 0.591. The lowest BCUT2D eigenvalue weighted by atomic mass is 10.0. The summed E-state index contributed by atoms with van der Waals surface area (Å²) < 4.78 is 2.03. The van der Waals surface area contributed by atoms with Crippen molar-refractivity contribution in [2.24, 2.45) is 0 Å². The van der Waals surface area contributed by atoms with E-state index in [0.29, 0.717) is 18.2 Å². The average molecular weight is 414 g/mol. The molecule has 2 amide bonds. The van der Waals surface area contributed by atoms with Gasteiger partial charge in [-0.2, -0.15) is 0 Å². The van der Waals surface area contributed by atoms with Crippen LogP contribution in [0.25, 0.3) is 22.6 Å². The monoisotopic (exact) mass is 413 g/mol. The zero-order valence-corrected chi connectivity index (χ0v) is 18.0. The molecule has 1 unspecified atom stereocenters. The fourth-order valence-corrected chi connectivity index (χ4v) is 4.92. The summed E-state index contributed by atoms with van der Waals surface area (Å²) in [7, 11) is 1.81. The molecule has 5 rings (SSSR count).